The molecule has 0 saturated carbocycles. The largest absolute Gasteiger partial charge is 0.458 e. The molecule has 1 fully saturated rings. The fourth-order valence-corrected chi connectivity index (χ4v) is 4.28. The van der Waals surface area contributed by atoms with Crippen molar-refractivity contribution >= 4 is 23.6 Å². The normalized spacial score (nSPS) is 17.8. The molecule has 8 nitrogen and oxygen atoms in total. The van der Waals surface area contributed by atoms with E-state index >= 15 is 0 Å². The van der Waals surface area contributed by atoms with Gasteiger partial charge in [-0.1, -0.05) is 36.4 Å². The van der Waals surface area contributed by atoms with E-state index in [9.17, 15) is 19.2 Å². The van der Waals surface area contributed by atoms with Crippen molar-refractivity contribution in [3.8, 4) is 0 Å². The minimum atomic E-state index is -0.723. The van der Waals surface area contributed by atoms with Gasteiger partial charge in [-0.05, 0) is 24.3 Å². The molecule has 0 N–H and O–H groups in total. The van der Waals surface area contributed by atoms with E-state index in [1.54, 1.807) is 54.6 Å². The summed E-state index contributed by atoms with van der Waals surface area (Å²) in [7, 11) is 0. The maximum Gasteiger partial charge on any atom is 0.338 e. The van der Waals surface area contributed by atoms with Crippen LogP contribution >= 0.6 is 11.8 Å². The molecule has 0 unspecified atom stereocenters. The molecule has 2 aromatic carbocycles. The van der Waals surface area contributed by atoms with Crippen LogP contribution in [-0.2, 0) is 16.0 Å². The molecule has 0 radical (unpaired) electrons. The summed E-state index contributed by atoms with van der Waals surface area (Å²) >= 11 is 1.47. The third-order valence-corrected chi connectivity index (χ3v) is 6.03. The molecule has 1 aliphatic rings. The minimum Gasteiger partial charge on any atom is -0.458 e. The molecule has 4 rings (SSSR count). The fraction of sp³-hybridized carbons (Fsp3) is 0.217. The molecule has 2 atom stereocenters. The second-order valence-electron chi connectivity index (χ2n) is 7.08. The number of aromatic nitrogens is 2. The smallest absolute Gasteiger partial charge is 0.338 e. The number of hydrogen-bond donors (Lipinski definition) is 0. The third-order valence-electron chi connectivity index (χ3n) is 4.85. The Bertz CT molecular complexity index is 1220. The van der Waals surface area contributed by atoms with Crippen LogP contribution in [0.25, 0.3) is 0 Å². The van der Waals surface area contributed by atoms with E-state index < -0.39 is 23.1 Å². The summed E-state index contributed by atoms with van der Waals surface area (Å²) in [5, 5.41) is 0. The van der Waals surface area contributed by atoms with Crippen molar-refractivity contribution in [1.29, 1.82) is 0 Å². The van der Waals surface area contributed by atoms with Crippen LogP contribution in [0.3, 0.4) is 0 Å². The van der Waals surface area contributed by atoms with Crippen LogP contribution in [0.4, 0.5) is 0 Å². The Kier molecular flexibility index (Phi) is 6.67. The second-order valence-corrected chi connectivity index (χ2v) is 8.27. The molecule has 0 spiro atoms. The number of esters is 1. The lowest BCUT2D eigenvalue weighted by atomic mass is 10.2. The summed E-state index contributed by atoms with van der Waals surface area (Å²) in [4.78, 5) is 49.8. The van der Waals surface area contributed by atoms with Gasteiger partial charge in [0.15, 0.2) is 0 Å². The summed E-state index contributed by atoms with van der Waals surface area (Å²) in [5.74, 6) is -0.533. The predicted molar refractivity (Wildman–Crippen MR) is 119 cm³/mol. The highest BCUT2D eigenvalue weighted by Crippen LogP contribution is 2.26. The van der Waals surface area contributed by atoms with Crippen molar-refractivity contribution in [2.45, 2.75) is 18.1 Å². The molecule has 9 heteroatoms. The topological polar surface area (TPSA) is 96.6 Å². The van der Waals surface area contributed by atoms with Crippen LogP contribution in [0.5, 0.6) is 0 Å². The molecule has 0 amide bonds. The molecule has 1 aliphatic heterocycles. The van der Waals surface area contributed by atoms with Gasteiger partial charge in [0, 0.05) is 23.6 Å². The van der Waals surface area contributed by atoms with Gasteiger partial charge >= 0.3 is 11.7 Å². The number of benzene rings is 2. The van der Waals surface area contributed by atoms with E-state index in [-0.39, 0.29) is 30.3 Å². The Morgan fingerprint density at radius 2 is 1.62 bits per heavy atom. The van der Waals surface area contributed by atoms with Gasteiger partial charge in [-0.25, -0.2) is 9.59 Å². The summed E-state index contributed by atoms with van der Waals surface area (Å²) in [6.07, 6.45) is 1.02. The van der Waals surface area contributed by atoms with Crippen molar-refractivity contribution in [2.24, 2.45) is 0 Å². The molecule has 2 heterocycles. The van der Waals surface area contributed by atoms with Crippen LogP contribution in [0.1, 0.15) is 20.7 Å². The Hall–Kier alpha value is -3.43. The molecule has 1 saturated heterocycles. The molecular weight excluding hydrogens is 432 g/mol. The minimum absolute atomic E-state index is 0.0792. The molecule has 0 bridgehead atoms. The lowest BCUT2D eigenvalue weighted by Crippen LogP contribution is -2.44. The maximum atomic E-state index is 12.8. The van der Waals surface area contributed by atoms with Crippen molar-refractivity contribution in [2.75, 3.05) is 12.4 Å². The third kappa shape index (κ3) is 4.90. The molecule has 164 valence electrons. The van der Waals surface area contributed by atoms with Gasteiger partial charge in [-0.3, -0.25) is 14.2 Å². The Morgan fingerprint density at radius 1 is 0.969 bits per heavy atom. The monoisotopic (exact) mass is 452 g/mol. The summed E-state index contributed by atoms with van der Waals surface area (Å²) in [6, 6.07) is 18.0. The zero-order chi connectivity index (χ0) is 22.5. The number of carbonyl (C=O) groups is 2. The Labute approximate surface area is 187 Å². The number of carbonyl (C=O) groups excluding carboxylic acids is 2. The highest BCUT2D eigenvalue weighted by atomic mass is 32.2. The number of nitrogens with zero attached hydrogens (tertiary/aromatic N) is 2. The first-order chi connectivity index (χ1) is 15.5. The van der Waals surface area contributed by atoms with Crippen molar-refractivity contribution in [3.63, 3.8) is 0 Å². The van der Waals surface area contributed by atoms with Gasteiger partial charge in [0.25, 0.3) is 11.5 Å². The van der Waals surface area contributed by atoms with Crippen molar-refractivity contribution < 1.29 is 19.1 Å². The van der Waals surface area contributed by atoms with E-state index in [1.807, 2.05) is 6.07 Å². The van der Waals surface area contributed by atoms with Gasteiger partial charge in [0.1, 0.15) is 12.0 Å². The summed E-state index contributed by atoms with van der Waals surface area (Å²) in [5.41, 5.74) is -1.06. The Balaban J connectivity index is 1.40. The van der Waals surface area contributed by atoms with Crippen LogP contribution in [0.2, 0.25) is 0 Å². The van der Waals surface area contributed by atoms with Gasteiger partial charge in [0.2, 0.25) is 0 Å². The van der Waals surface area contributed by atoms with Crippen molar-refractivity contribution in [3.05, 3.63) is 105 Å². The molecule has 0 aliphatic carbocycles. The number of hydrogen-bond acceptors (Lipinski definition) is 7. The van der Waals surface area contributed by atoms with Crippen LogP contribution in [-0.4, -0.2) is 44.9 Å². The number of thioether (sulfide) groups is 1. The SMILES string of the molecule is O=C(OC[C@@H]1O[C@H](Cn2ccc(=O)n(C(=O)c3ccccc3)c2=O)CS1)c1ccccc1. The van der Waals surface area contributed by atoms with E-state index in [0.29, 0.717) is 15.9 Å². The van der Waals surface area contributed by atoms with Gasteiger partial charge in [-0.15, -0.1) is 11.8 Å². The second kappa shape index (κ2) is 9.80. The average Bonchev–Trinajstić information content (AvgIpc) is 3.28. The first kappa shape index (κ1) is 21.8. The van der Waals surface area contributed by atoms with E-state index in [2.05, 4.69) is 0 Å². The predicted octanol–water partition coefficient (Wildman–Crippen LogP) is 2.01. The highest BCUT2D eigenvalue weighted by molar-refractivity contribution is 8.00. The lowest BCUT2D eigenvalue weighted by molar-refractivity contribution is 0.00442. The van der Waals surface area contributed by atoms with E-state index in [1.165, 1.54) is 28.6 Å². The molecule has 32 heavy (non-hydrogen) atoms. The van der Waals surface area contributed by atoms with Crippen LogP contribution < -0.4 is 11.2 Å². The molecular formula is C23H20N2O6S. The first-order valence-electron chi connectivity index (χ1n) is 9.94. The Morgan fingerprint density at radius 3 is 2.31 bits per heavy atom. The lowest BCUT2D eigenvalue weighted by Gasteiger charge is -2.15. The van der Waals surface area contributed by atoms with Gasteiger partial charge < -0.3 is 9.47 Å². The standard InChI is InChI=1S/C23H20N2O6S/c26-19-11-12-24(23(29)25(19)21(27)16-7-3-1-4-8-16)13-18-15-32-20(31-18)14-30-22(28)17-9-5-2-6-10-17/h1-12,18,20H,13-15H2/t18-,20-/m1/s1. The van der Waals surface area contributed by atoms with Crippen LogP contribution in [0, 0.1) is 0 Å². The van der Waals surface area contributed by atoms with Gasteiger partial charge in [0.05, 0.1) is 18.2 Å². The van der Waals surface area contributed by atoms with Crippen molar-refractivity contribution in [1.82, 2.24) is 9.13 Å². The van der Waals surface area contributed by atoms with E-state index in [4.69, 9.17) is 9.47 Å². The average molecular weight is 452 g/mol. The zero-order valence-corrected chi connectivity index (χ0v) is 17.8. The fourth-order valence-electron chi connectivity index (χ4n) is 3.26. The van der Waals surface area contributed by atoms with Gasteiger partial charge in [-0.2, -0.15) is 4.57 Å². The zero-order valence-electron chi connectivity index (χ0n) is 17.0. The summed E-state index contributed by atoms with van der Waals surface area (Å²) in [6.45, 7) is 0.243. The first-order valence-corrected chi connectivity index (χ1v) is 11.0. The van der Waals surface area contributed by atoms with Crippen LogP contribution in [0.15, 0.2) is 82.5 Å². The highest BCUT2D eigenvalue weighted by Gasteiger charge is 2.28. The van der Waals surface area contributed by atoms with E-state index in [0.717, 1.165) is 0 Å². The number of rotatable bonds is 6. The summed E-state index contributed by atoms with van der Waals surface area (Å²) < 4.78 is 13.1. The molecule has 3 aromatic rings. The molecule has 1 aromatic heterocycles. The maximum absolute atomic E-state index is 12.8. The quantitative estimate of drug-likeness (QED) is 0.528. The number of ether oxygens (including phenoxy) is 2.